The smallest absolute Gasteiger partial charge is 0.294 e. The standard InChI is InChI=1S/C26H32FN3O5S/c1-14-13-18(9-12-20(14)27)29-25(32)21-15(2)22(30(3)23(21)16-5-6-16)24(31)26(33)28-17-7-10-19(11-8-17)36(4,34)35/h9,12-13,16-17,19H,5-8,10-11H2,1-4H3,(H,28,33)(H,29,32). The molecule has 0 atom stereocenters. The van der Waals surface area contributed by atoms with Gasteiger partial charge in [0.2, 0.25) is 0 Å². The molecule has 0 saturated heterocycles. The van der Waals surface area contributed by atoms with Crippen molar-refractivity contribution in [2.45, 2.75) is 69.6 Å². The lowest BCUT2D eigenvalue weighted by molar-refractivity contribution is -0.117. The highest BCUT2D eigenvalue weighted by Crippen LogP contribution is 2.44. The Morgan fingerprint density at radius 2 is 1.67 bits per heavy atom. The zero-order valence-corrected chi connectivity index (χ0v) is 21.8. The molecule has 1 aromatic carbocycles. The summed E-state index contributed by atoms with van der Waals surface area (Å²) in [6, 6.07) is 4.04. The summed E-state index contributed by atoms with van der Waals surface area (Å²) >= 11 is 0. The van der Waals surface area contributed by atoms with Gasteiger partial charge in [-0.15, -0.1) is 0 Å². The quantitative estimate of drug-likeness (QED) is 0.431. The van der Waals surface area contributed by atoms with E-state index in [2.05, 4.69) is 10.6 Å². The summed E-state index contributed by atoms with van der Waals surface area (Å²) in [4.78, 5) is 39.4. The van der Waals surface area contributed by atoms with Crippen molar-refractivity contribution in [1.29, 1.82) is 0 Å². The van der Waals surface area contributed by atoms with Gasteiger partial charge in [0.05, 0.1) is 16.5 Å². The van der Waals surface area contributed by atoms with Gasteiger partial charge in [-0.25, -0.2) is 12.8 Å². The van der Waals surface area contributed by atoms with Gasteiger partial charge in [0.1, 0.15) is 15.7 Å². The van der Waals surface area contributed by atoms with Crippen LogP contribution >= 0.6 is 0 Å². The molecule has 2 fully saturated rings. The Morgan fingerprint density at radius 3 is 2.22 bits per heavy atom. The van der Waals surface area contributed by atoms with E-state index in [1.54, 1.807) is 31.5 Å². The lowest BCUT2D eigenvalue weighted by atomic mass is 9.94. The van der Waals surface area contributed by atoms with Crippen molar-refractivity contribution >= 4 is 33.1 Å². The van der Waals surface area contributed by atoms with Gasteiger partial charge in [-0.2, -0.15) is 0 Å². The van der Waals surface area contributed by atoms with Crippen LogP contribution in [0.25, 0.3) is 0 Å². The van der Waals surface area contributed by atoms with Gasteiger partial charge >= 0.3 is 0 Å². The minimum absolute atomic E-state index is 0.125. The van der Waals surface area contributed by atoms with Crippen LogP contribution in [0, 0.1) is 19.7 Å². The number of ketones is 1. The van der Waals surface area contributed by atoms with E-state index in [0.717, 1.165) is 12.8 Å². The number of Topliss-reactive ketones (excluding diaryl/α,β-unsaturated/α-hetero) is 1. The summed E-state index contributed by atoms with van der Waals surface area (Å²) in [6.45, 7) is 3.27. The Balaban J connectivity index is 1.54. The molecule has 2 aliphatic carbocycles. The molecule has 0 radical (unpaired) electrons. The fraction of sp³-hybridized carbons (Fsp3) is 0.500. The lowest BCUT2D eigenvalue weighted by Gasteiger charge is -2.27. The van der Waals surface area contributed by atoms with Crippen molar-refractivity contribution in [2.24, 2.45) is 7.05 Å². The molecule has 194 valence electrons. The average molecular weight is 518 g/mol. The monoisotopic (exact) mass is 517 g/mol. The zero-order chi connectivity index (χ0) is 26.4. The van der Waals surface area contributed by atoms with E-state index in [1.165, 1.54) is 18.4 Å². The number of carbonyl (C=O) groups excluding carboxylic acids is 3. The molecule has 4 rings (SSSR count). The number of halogens is 1. The van der Waals surface area contributed by atoms with Crippen molar-refractivity contribution in [3.63, 3.8) is 0 Å². The summed E-state index contributed by atoms with van der Waals surface area (Å²) in [6.07, 6.45) is 4.86. The third-order valence-corrected chi connectivity index (χ3v) is 9.01. The largest absolute Gasteiger partial charge is 0.346 e. The first-order valence-electron chi connectivity index (χ1n) is 12.2. The number of aryl methyl sites for hydroxylation is 1. The van der Waals surface area contributed by atoms with E-state index in [9.17, 15) is 27.2 Å². The second-order valence-electron chi connectivity index (χ2n) is 10.1. The van der Waals surface area contributed by atoms with Gasteiger partial charge in [-0.1, -0.05) is 0 Å². The maximum atomic E-state index is 13.6. The van der Waals surface area contributed by atoms with E-state index in [0.29, 0.717) is 53.8 Å². The van der Waals surface area contributed by atoms with E-state index in [4.69, 9.17) is 0 Å². The van der Waals surface area contributed by atoms with Crippen LogP contribution < -0.4 is 10.6 Å². The van der Waals surface area contributed by atoms with Gasteiger partial charge < -0.3 is 15.2 Å². The number of anilines is 1. The summed E-state index contributed by atoms with van der Waals surface area (Å²) in [5, 5.41) is 5.15. The van der Waals surface area contributed by atoms with Crippen molar-refractivity contribution in [3.8, 4) is 0 Å². The Morgan fingerprint density at radius 1 is 1.03 bits per heavy atom. The predicted molar refractivity (Wildman–Crippen MR) is 135 cm³/mol. The number of nitrogens with one attached hydrogen (secondary N) is 2. The molecule has 10 heteroatoms. The lowest BCUT2D eigenvalue weighted by Crippen LogP contribution is -2.43. The van der Waals surface area contributed by atoms with Gasteiger partial charge in [-0.05, 0) is 81.7 Å². The van der Waals surface area contributed by atoms with Crippen molar-refractivity contribution < 1.29 is 27.2 Å². The molecule has 2 N–H and O–H groups in total. The van der Waals surface area contributed by atoms with Crippen LogP contribution in [0.5, 0.6) is 0 Å². The number of sulfone groups is 1. The molecular formula is C26H32FN3O5S. The molecule has 0 unspecified atom stereocenters. The van der Waals surface area contributed by atoms with Gasteiger partial charge in [-0.3, -0.25) is 14.4 Å². The first-order valence-corrected chi connectivity index (χ1v) is 14.1. The zero-order valence-electron chi connectivity index (χ0n) is 21.0. The fourth-order valence-electron chi connectivity index (χ4n) is 5.20. The fourth-order valence-corrected chi connectivity index (χ4v) is 6.33. The maximum absolute atomic E-state index is 13.6. The third kappa shape index (κ3) is 5.23. The Hall–Kier alpha value is -3.01. The second-order valence-corrected chi connectivity index (χ2v) is 12.4. The predicted octanol–water partition coefficient (Wildman–Crippen LogP) is 3.57. The minimum Gasteiger partial charge on any atom is -0.346 e. The second kappa shape index (κ2) is 9.80. The third-order valence-electron chi connectivity index (χ3n) is 7.33. The van der Waals surface area contributed by atoms with E-state index in [1.807, 2.05) is 0 Å². The summed E-state index contributed by atoms with van der Waals surface area (Å²) in [5.74, 6) is -2.13. The average Bonchev–Trinajstić information content (AvgIpc) is 3.60. The molecule has 0 aliphatic heterocycles. The Labute approximate surface area is 210 Å². The molecule has 36 heavy (non-hydrogen) atoms. The molecule has 0 spiro atoms. The summed E-state index contributed by atoms with van der Waals surface area (Å²) < 4.78 is 38.9. The number of hydrogen-bond acceptors (Lipinski definition) is 5. The molecule has 2 aliphatic rings. The van der Waals surface area contributed by atoms with Gasteiger partial charge in [0.25, 0.3) is 17.6 Å². The van der Waals surface area contributed by atoms with Crippen LogP contribution in [-0.2, 0) is 21.7 Å². The first kappa shape index (κ1) is 26.1. The van der Waals surface area contributed by atoms with Crippen molar-refractivity contribution in [3.05, 3.63) is 52.1 Å². The van der Waals surface area contributed by atoms with E-state index >= 15 is 0 Å². The first-order chi connectivity index (χ1) is 16.9. The molecule has 1 heterocycles. The molecule has 8 nitrogen and oxygen atoms in total. The van der Waals surface area contributed by atoms with Crippen LogP contribution in [0.1, 0.15) is 82.1 Å². The van der Waals surface area contributed by atoms with Gasteiger partial charge in [0.15, 0.2) is 0 Å². The molecule has 2 saturated carbocycles. The number of aromatic nitrogens is 1. The summed E-state index contributed by atoms with van der Waals surface area (Å²) in [5.41, 5.74) is 2.52. The molecule has 2 amide bonds. The number of amides is 2. The molecule has 1 aromatic heterocycles. The minimum atomic E-state index is -3.13. The highest BCUT2D eigenvalue weighted by atomic mass is 32.2. The number of benzene rings is 1. The van der Waals surface area contributed by atoms with E-state index in [-0.39, 0.29) is 23.5 Å². The molecular weight excluding hydrogens is 485 g/mol. The van der Waals surface area contributed by atoms with Crippen LogP contribution in [-0.4, -0.2) is 48.1 Å². The maximum Gasteiger partial charge on any atom is 0.294 e. The van der Waals surface area contributed by atoms with Crippen LogP contribution in [0.4, 0.5) is 10.1 Å². The van der Waals surface area contributed by atoms with E-state index < -0.39 is 32.7 Å². The highest BCUT2D eigenvalue weighted by Gasteiger charge is 2.37. The number of nitrogens with zero attached hydrogens (tertiary/aromatic N) is 1. The number of rotatable bonds is 7. The van der Waals surface area contributed by atoms with Crippen molar-refractivity contribution in [1.82, 2.24) is 9.88 Å². The Bertz CT molecular complexity index is 1340. The number of hydrogen-bond donors (Lipinski definition) is 2. The molecule has 2 aromatic rings. The van der Waals surface area contributed by atoms with Gasteiger partial charge in [0, 0.05) is 36.6 Å². The normalized spacial score (nSPS) is 20.1. The topological polar surface area (TPSA) is 114 Å². The van der Waals surface area contributed by atoms with Crippen molar-refractivity contribution in [2.75, 3.05) is 11.6 Å². The van der Waals surface area contributed by atoms with Crippen LogP contribution in [0.2, 0.25) is 0 Å². The summed E-state index contributed by atoms with van der Waals surface area (Å²) in [7, 11) is -1.44. The van der Waals surface area contributed by atoms with Crippen LogP contribution in [0.15, 0.2) is 18.2 Å². The highest BCUT2D eigenvalue weighted by molar-refractivity contribution is 7.91. The van der Waals surface area contributed by atoms with Crippen LogP contribution in [0.3, 0.4) is 0 Å². The Kier molecular flexibility index (Phi) is 7.10. The number of carbonyl (C=O) groups is 3. The molecule has 0 bridgehead atoms. The SMILES string of the molecule is Cc1cc(NC(=O)c2c(C)c(C(=O)C(=O)NC3CCC(S(C)(=O)=O)CC3)n(C)c2C2CC2)ccc1F.